The van der Waals surface area contributed by atoms with Gasteiger partial charge in [-0.25, -0.2) is 0 Å². The van der Waals surface area contributed by atoms with Crippen LogP contribution in [0.2, 0.25) is 5.02 Å². The quantitative estimate of drug-likeness (QED) is 0.656. The van der Waals surface area contributed by atoms with Crippen molar-refractivity contribution in [2.75, 3.05) is 11.4 Å². The number of halogens is 1. The molecule has 1 aliphatic heterocycles. The molecule has 0 spiro atoms. The van der Waals surface area contributed by atoms with Crippen molar-refractivity contribution in [1.29, 1.82) is 0 Å². The summed E-state index contributed by atoms with van der Waals surface area (Å²) in [6, 6.07) is 11.0. The zero-order chi connectivity index (χ0) is 17.7. The van der Waals surface area contributed by atoms with Crippen molar-refractivity contribution in [3.05, 3.63) is 74.1 Å². The summed E-state index contributed by atoms with van der Waals surface area (Å²) < 4.78 is 5.81. The van der Waals surface area contributed by atoms with Gasteiger partial charge in [-0.15, -0.1) is 0 Å². The monoisotopic (exact) mass is 353 g/mol. The van der Waals surface area contributed by atoms with Gasteiger partial charge >= 0.3 is 0 Å². The second-order valence-electron chi connectivity index (χ2n) is 6.35. The normalized spacial score (nSPS) is 14.0. The lowest BCUT2D eigenvalue weighted by Gasteiger charge is -2.29. The number of benzene rings is 2. The number of hydrogen-bond donors (Lipinski definition) is 0. The van der Waals surface area contributed by atoms with Crippen LogP contribution in [0.5, 0.6) is 0 Å². The molecule has 1 aromatic heterocycles. The van der Waals surface area contributed by atoms with Gasteiger partial charge in [0.25, 0.3) is 5.91 Å². The van der Waals surface area contributed by atoms with Gasteiger partial charge in [-0.3, -0.25) is 9.59 Å². The standard InChI is InChI=1S/C20H16ClNO3/c1-11-6-7-12(2)16(10-11)22-9-8-14-17(23)13-4-3-5-15(21)18(13)25-19(14)20(22)24/h3-7,10H,8-9H2,1-2H3. The van der Waals surface area contributed by atoms with Crippen molar-refractivity contribution >= 4 is 34.2 Å². The van der Waals surface area contributed by atoms with E-state index in [9.17, 15) is 9.59 Å². The van der Waals surface area contributed by atoms with E-state index in [1.54, 1.807) is 23.1 Å². The molecule has 3 aromatic rings. The van der Waals surface area contributed by atoms with Gasteiger partial charge in [0.1, 0.15) is 0 Å². The fourth-order valence-corrected chi connectivity index (χ4v) is 3.52. The molecule has 5 heteroatoms. The Balaban J connectivity index is 1.91. The average Bonchev–Trinajstić information content (AvgIpc) is 2.59. The van der Waals surface area contributed by atoms with E-state index >= 15 is 0 Å². The highest BCUT2D eigenvalue weighted by atomic mass is 35.5. The van der Waals surface area contributed by atoms with E-state index in [1.165, 1.54) is 0 Å². The van der Waals surface area contributed by atoms with Crippen LogP contribution >= 0.6 is 11.6 Å². The molecule has 126 valence electrons. The molecule has 0 aliphatic carbocycles. The first-order chi connectivity index (χ1) is 12.0. The van der Waals surface area contributed by atoms with E-state index in [1.807, 2.05) is 32.0 Å². The third-order valence-electron chi connectivity index (χ3n) is 4.64. The zero-order valence-electron chi connectivity index (χ0n) is 13.9. The summed E-state index contributed by atoms with van der Waals surface area (Å²) in [4.78, 5) is 27.5. The van der Waals surface area contributed by atoms with Gasteiger partial charge in [0.2, 0.25) is 0 Å². The highest BCUT2D eigenvalue weighted by Crippen LogP contribution is 2.30. The minimum Gasteiger partial charge on any atom is -0.449 e. The van der Waals surface area contributed by atoms with Crippen molar-refractivity contribution < 1.29 is 9.21 Å². The number of rotatable bonds is 1. The summed E-state index contributed by atoms with van der Waals surface area (Å²) in [7, 11) is 0. The summed E-state index contributed by atoms with van der Waals surface area (Å²) in [5.74, 6) is -0.202. The van der Waals surface area contributed by atoms with E-state index in [2.05, 4.69) is 0 Å². The molecule has 0 atom stereocenters. The van der Waals surface area contributed by atoms with Crippen molar-refractivity contribution in [2.45, 2.75) is 20.3 Å². The lowest BCUT2D eigenvalue weighted by atomic mass is 10.0. The summed E-state index contributed by atoms with van der Waals surface area (Å²) in [5.41, 5.74) is 3.45. The number of fused-ring (bicyclic) bond motifs is 2. The number of hydrogen-bond acceptors (Lipinski definition) is 3. The molecule has 0 unspecified atom stereocenters. The van der Waals surface area contributed by atoms with Crippen LogP contribution in [0, 0.1) is 13.8 Å². The van der Waals surface area contributed by atoms with Crippen LogP contribution in [-0.2, 0) is 6.42 Å². The van der Waals surface area contributed by atoms with Crippen LogP contribution in [0.15, 0.2) is 45.6 Å². The first-order valence-electron chi connectivity index (χ1n) is 8.10. The summed E-state index contributed by atoms with van der Waals surface area (Å²) in [6.07, 6.45) is 0.458. The molecule has 0 N–H and O–H groups in total. The fourth-order valence-electron chi connectivity index (χ4n) is 3.31. The number of carbonyl (C=O) groups is 1. The third kappa shape index (κ3) is 2.45. The summed E-state index contributed by atoms with van der Waals surface area (Å²) in [5, 5.41) is 0.744. The topological polar surface area (TPSA) is 50.5 Å². The van der Waals surface area contributed by atoms with Gasteiger partial charge in [-0.2, -0.15) is 0 Å². The van der Waals surface area contributed by atoms with Crippen molar-refractivity contribution in [1.82, 2.24) is 0 Å². The van der Waals surface area contributed by atoms with E-state index in [-0.39, 0.29) is 22.7 Å². The molecule has 4 rings (SSSR count). The molecule has 25 heavy (non-hydrogen) atoms. The SMILES string of the molecule is Cc1ccc(C)c(N2CCc3c(oc4c(Cl)cccc4c3=O)C2=O)c1. The fraction of sp³-hybridized carbons (Fsp3) is 0.200. The molecule has 2 aromatic carbocycles. The molecule has 0 saturated carbocycles. The molecule has 1 aliphatic rings. The number of nitrogens with zero attached hydrogens (tertiary/aromatic N) is 1. The number of amides is 1. The molecule has 0 saturated heterocycles. The van der Waals surface area contributed by atoms with Crippen LogP contribution in [0.25, 0.3) is 11.0 Å². The smallest absolute Gasteiger partial charge is 0.294 e. The molecule has 0 fully saturated rings. The van der Waals surface area contributed by atoms with Gasteiger partial charge in [-0.1, -0.05) is 29.8 Å². The average molecular weight is 354 g/mol. The van der Waals surface area contributed by atoms with E-state index in [0.717, 1.165) is 16.8 Å². The van der Waals surface area contributed by atoms with E-state index in [0.29, 0.717) is 28.9 Å². The van der Waals surface area contributed by atoms with E-state index in [4.69, 9.17) is 16.0 Å². The largest absolute Gasteiger partial charge is 0.449 e. The molecule has 0 bridgehead atoms. The van der Waals surface area contributed by atoms with Crippen LogP contribution < -0.4 is 10.3 Å². The van der Waals surface area contributed by atoms with Crippen LogP contribution in [0.1, 0.15) is 27.2 Å². The van der Waals surface area contributed by atoms with Crippen molar-refractivity contribution in [2.24, 2.45) is 0 Å². The number of para-hydroxylation sites is 1. The Morgan fingerprint density at radius 1 is 1.12 bits per heavy atom. The van der Waals surface area contributed by atoms with Gasteiger partial charge in [0.15, 0.2) is 16.8 Å². The lowest BCUT2D eigenvalue weighted by Crippen LogP contribution is -2.40. The Morgan fingerprint density at radius 2 is 1.92 bits per heavy atom. The molecule has 4 nitrogen and oxygen atoms in total. The molecule has 2 heterocycles. The van der Waals surface area contributed by atoms with Gasteiger partial charge in [0.05, 0.1) is 16.0 Å². The minimum atomic E-state index is -0.297. The molecule has 1 amide bonds. The predicted octanol–water partition coefficient (Wildman–Crippen LogP) is 4.27. The third-order valence-corrected chi connectivity index (χ3v) is 4.94. The minimum absolute atomic E-state index is 0.0951. The summed E-state index contributed by atoms with van der Waals surface area (Å²) in [6.45, 7) is 4.40. The maximum absolute atomic E-state index is 13.0. The Labute approximate surface area is 149 Å². The second-order valence-corrected chi connectivity index (χ2v) is 6.76. The van der Waals surface area contributed by atoms with Gasteiger partial charge < -0.3 is 9.32 Å². The molecular formula is C20H16ClNO3. The predicted molar refractivity (Wildman–Crippen MR) is 98.8 cm³/mol. The van der Waals surface area contributed by atoms with Crippen molar-refractivity contribution in [3.63, 3.8) is 0 Å². The van der Waals surface area contributed by atoms with Crippen LogP contribution in [0.3, 0.4) is 0 Å². The Kier molecular flexibility index (Phi) is 3.65. The van der Waals surface area contributed by atoms with Gasteiger partial charge in [0, 0.05) is 12.2 Å². The maximum atomic E-state index is 13.0. The van der Waals surface area contributed by atoms with Crippen molar-refractivity contribution in [3.8, 4) is 0 Å². The number of carbonyl (C=O) groups excluding carboxylic acids is 1. The summed E-state index contributed by atoms with van der Waals surface area (Å²) >= 11 is 6.16. The molecular weight excluding hydrogens is 338 g/mol. The number of aryl methyl sites for hydroxylation is 2. The highest BCUT2D eigenvalue weighted by Gasteiger charge is 2.31. The maximum Gasteiger partial charge on any atom is 0.294 e. The Bertz CT molecular complexity index is 1080. The Hall–Kier alpha value is -2.59. The zero-order valence-corrected chi connectivity index (χ0v) is 14.7. The second kappa shape index (κ2) is 5.74. The molecule has 0 radical (unpaired) electrons. The van der Waals surface area contributed by atoms with Crippen LogP contribution in [-0.4, -0.2) is 12.5 Å². The first-order valence-corrected chi connectivity index (χ1v) is 8.48. The van der Waals surface area contributed by atoms with E-state index < -0.39 is 0 Å². The highest BCUT2D eigenvalue weighted by molar-refractivity contribution is 6.34. The first kappa shape index (κ1) is 15.9. The van der Waals surface area contributed by atoms with Gasteiger partial charge in [-0.05, 0) is 49.6 Å². The Morgan fingerprint density at radius 3 is 2.72 bits per heavy atom. The van der Waals surface area contributed by atoms with Crippen LogP contribution in [0.4, 0.5) is 5.69 Å². The number of anilines is 1. The lowest BCUT2D eigenvalue weighted by molar-refractivity contribution is 0.0952.